The number of rotatable bonds is 10. The van der Waals surface area contributed by atoms with Gasteiger partial charge < -0.3 is 10.2 Å². The molecule has 33 heavy (non-hydrogen) atoms. The van der Waals surface area contributed by atoms with Gasteiger partial charge in [-0.1, -0.05) is 37.3 Å². The highest BCUT2D eigenvalue weighted by Crippen LogP contribution is 2.24. The summed E-state index contributed by atoms with van der Waals surface area (Å²) in [6.07, 6.45) is 1.74. The molecule has 0 saturated heterocycles. The minimum atomic E-state index is -3.82. The molecule has 180 valence electrons. The number of benzene rings is 2. The average molecular weight is 478 g/mol. The van der Waals surface area contributed by atoms with E-state index in [0.29, 0.717) is 24.2 Å². The molecule has 0 fully saturated rings. The van der Waals surface area contributed by atoms with E-state index < -0.39 is 34.3 Å². The molecular weight excluding hydrogens is 445 g/mol. The minimum Gasteiger partial charge on any atom is -0.354 e. The lowest BCUT2D eigenvalue weighted by molar-refractivity contribution is -0.139. The van der Waals surface area contributed by atoms with Gasteiger partial charge in [0.2, 0.25) is 21.8 Å². The highest BCUT2D eigenvalue weighted by atomic mass is 32.2. The summed E-state index contributed by atoms with van der Waals surface area (Å²) in [5, 5.41) is 2.74. The van der Waals surface area contributed by atoms with E-state index in [9.17, 15) is 22.4 Å². The second-order valence-electron chi connectivity index (χ2n) is 8.14. The first-order chi connectivity index (χ1) is 15.5. The molecule has 0 aliphatic carbocycles. The number of amides is 2. The smallest absolute Gasteiger partial charge is 0.244 e. The van der Waals surface area contributed by atoms with Crippen molar-refractivity contribution in [1.82, 2.24) is 10.2 Å². The highest BCUT2D eigenvalue weighted by molar-refractivity contribution is 7.92. The fourth-order valence-corrected chi connectivity index (χ4v) is 4.27. The predicted octanol–water partition coefficient (Wildman–Crippen LogP) is 3.15. The summed E-state index contributed by atoms with van der Waals surface area (Å²) in [5.41, 5.74) is 2.15. The van der Waals surface area contributed by atoms with Crippen molar-refractivity contribution < 1.29 is 22.4 Å². The number of carbonyl (C=O) groups excluding carboxylic acids is 2. The molecule has 2 aromatic rings. The zero-order chi connectivity index (χ0) is 24.8. The molecule has 0 aromatic heterocycles. The van der Waals surface area contributed by atoms with Crippen LogP contribution in [-0.2, 0) is 26.2 Å². The van der Waals surface area contributed by atoms with E-state index in [4.69, 9.17) is 0 Å². The predicted molar refractivity (Wildman–Crippen MR) is 128 cm³/mol. The topological polar surface area (TPSA) is 86.8 Å². The number of sulfonamides is 1. The Hall–Kier alpha value is -2.94. The maximum absolute atomic E-state index is 14.3. The number of carbonyl (C=O) groups is 2. The molecule has 1 atom stereocenters. The van der Waals surface area contributed by atoms with Crippen molar-refractivity contribution in [2.45, 2.75) is 46.7 Å². The number of hydrogen-bond donors (Lipinski definition) is 1. The van der Waals surface area contributed by atoms with Gasteiger partial charge in [-0.25, -0.2) is 12.8 Å². The van der Waals surface area contributed by atoms with E-state index in [1.807, 2.05) is 19.9 Å². The van der Waals surface area contributed by atoms with Crippen LogP contribution in [0.3, 0.4) is 0 Å². The molecule has 2 amide bonds. The molecule has 0 unspecified atom stereocenters. The van der Waals surface area contributed by atoms with Crippen LogP contribution in [0.2, 0.25) is 0 Å². The SMILES string of the molecule is CCCNC(=O)[C@@H](C)N(Cc1ccccc1F)C(=O)CN(c1cc(C)ccc1C)S(C)(=O)=O. The van der Waals surface area contributed by atoms with Gasteiger partial charge in [-0.2, -0.15) is 0 Å². The van der Waals surface area contributed by atoms with E-state index in [1.54, 1.807) is 32.0 Å². The Labute approximate surface area is 195 Å². The van der Waals surface area contributed by atoms with Crippen LogP contribution >= 0.6 is 0 Å². The van der Waals surface area contributed by atoms with Crippen molar-refractivity contribution in [3.63, 3.8) is 0 Å². The molecule has 0 saturated carbocycles. The Bertz CT molecular complexity index is 1100. The van der Waals surface area contributed by atoms with E-state index in [1.165, 1.54) is 23.1 Å². The van der Waals surface area contributed by atoms with Crippen molar-refractivity contribution in [2.24, 2.45) is 0 Å². The van der Waals surface area contributed by atoms with Crippen molar-refractivity contribution in [3.05, 3.63) is 65.0 Å². The molecule has 0 aliphatic heterocycles. The maximum atomic E-state index is 14.3. The van der Waals surface area contributed by atoms with Crippen LogP contribution in [0.4, 0.5) is 10.1 Å². The molecule has 7 nitrogen and oxygen atoms in total. The Balaban J connectivity index is 2.43. The lowest BCUT2D eigenvalue weighted by atomic mass is 10.1. The first-order valence-electron chi connectivity index (χ1n) is 10.8. The summed E-state index contributed by atoms with van der Waals surface area (Å²) in [4.78, 5) is 27.3. The normalized spacial score (nSPS) is 12.2. The van der Waals surface area contributed by atoms with Crippen molar-refractivity contribution in [1.29, 1.82) is 0 Å². The second-order valence-corrected chi connectivity index (χ2v) is 10.0. The quantitative estimate of drug-likeness (QED) is 0.570. The van der Waals surface area contributed by atoms with E-state index in [0.717, 1.165) is 16.1 Å². The summed E-state index contributed by atoms with van der Waals surface area (Å²) < 4.78 is 40.6. The van der Waals surface area contributed by atoms with Gasteiger partial charge >= 0.3 is 0 Å². The molecule has 0 radical (unpaired) electrons. The van der Waals surface area contributed by atoms with Crippen LogP contribution in [-0.4, -0.2) is 50.5 Å². The largest absolute Gasteiger partial charge is 0.354 e. The van der Waals surface area contributed by atoms with Gasteiger partial charge in [-0.15, -0.1) is 0 Å². The van der Waals surface area contributed by atoms with Gasteiger partial charge in [-0.05, 0) is 50.5 Å². The van der Waals surface area contributed by atoms with Gasteiger partial charge in [0, 0.05) is 18.7 Å². The van der Waals surface area contributed by atoms with Gasteiger partial charge in [0.1, 0.15) is 18.4 Å². The van der Waals surface area contributed by atoms with Crippen molar-refractivity contribution >= 4 is 27.5 Å². The highest BCUT2D eigenvalue weighted by Gasteiger charge is 2.31. The standard InChI is InChI=1S/C24H32FN3O4S/c1-6-13-26-24(30)19(4)27(15-20-9-7-8-10-21(20)25)23(29)16-28(33(5,31)32)22-14-17(2)11-12-18(22)3/h7-12,14,19H,6,13,15-16H2,1-5H3,(H,26,30)/t19-/m1/s1. The number of nitrogens with one attached hydrogen (secondary N) is 1. The van der Waals surface area contributed by atoms with Crippen LogP contribution < -0.4 is 9.62 Å². The van der Waals surface area contributed by atoms with Crippen LogP contribution in [0.1, 0.15) is 37.0 Å². The zero-order valence-corrected chi connectivity index (χ0v) is 20.6. The van der Waals surface area contributed by atoms with Crippen molar-refractivity contribution in [2.75, 3.05) is 23.7 Å². The Morgan fingerprint density at radius 1 is 1.12 bits per heavy atom. The number of hydrogen-bond acceptors (Lipinski definition) is 4. The fourth-order valence-electron chi connectivity index (χ4n) is 3.37. The molecule has 0 aliphatic rings. The molecule has 1 N–H and O–H groups in total. The Morgan fingerprint density at radius 2 is 1.79 bits per heavy atom. The zero-order valence-electron chi connectivity index (χ0n) is 19.8. The van der Waals surface area contributed by atoms with E-state index in [2.05, 4.69) is 5.32 Å². The molecule has 2 aromatic carbocycles. The summed E-state index contributed by atoms with van der Waals surface area (Å²) >= 11 is 0. The number of anilines is 1. The molecule has 0 bridgehead atoms. The first-order valence-corrected chi connectivity index (χ1v) is 12.7. The van der Waals surface area contributed by atoms with Crippen LogP contribution in [0, 0.1) is 19.7 Å². The van der Waals surface area contributed by atoms with Crippen LogP contribution in [0.15, 0.2) is 42.5 Å². The lowest BCUT2D eigenvalue weighted by Gasteiger charge is -2.32. The Morgan fingerprint density at radius 3 is 2.39 bits per heavy atom. The van der Waals surface area contributed by atoms with Crippen molar-refractivity contribution in [3.8, 4) is 0 Å². The average Bonchev–Trinajstić information content (AvgIpc) is 2.75. The van der Waals surface area contributed by atoms with E-state index in [-0.39, 0.29) is 18.0 Å². The van der Waals surface area contributed by atoms with E-state index >= 15 is 0 Å². The van der Waals surface area contributed by atoms with Gasteiger partial charge in [0.05, 0.1) is 11.9 Å². The molecular formula is C24H32FN3O4S. The first kappa shape index (κ1) is 26.3. The van der Waals surface area contributed by atoms with Gasteiger partial charge in [-0.3, -0.25) is 13.9 Å². The molecule has 0 spiro atoms. The third kappa shape index (κ3) is 7.02. The fraction of sp³-hybridized carbons (Fsp3) is 0.417. The summed E-state index contributed by atoms with van der Waals surface area (Å²) in [7, 11) is -3.82. The van der Waals surface area contributed by atoms with Gasteiger partial charge in [0.15, 0.2) is 0 Å². The maximum Gasteiger partial charge on any atom is 0.244 e. The summed E-state index contributed by atoms with van der Waals surface area (Å²) in [6, 6.07) is 10.4. The number of halogens is 1. The summed E-state index contributed by atoms with van der Waals surface area (Å²) in [6.45, 7) is 6.79. The third-order valence-corrected chi connectivity index (χ3v) is 6.45. The third-order valence-electron chi connectivity index (χ3n) is 5.33. The van der Waals surface area contributed by atoms with Gasteiger partial charge in [0.25, 0.3) is 0 Å². The number of aryl methyl sites for hydroxylation is 2. The molecule has 9 heteroatoms. The second kappa shape index (κ2) is 11.3. The monoisotopic (exact) mass is 477 g/mol. The summed E-state index contributed by atoms with van der Waals surface area (Å²) in [5.74, 6) is -1.51. The lowest BCUT2D eigenvalue weighted by Crippen LogP contribution is -2.51. The Kier molecular flexibility index (Phi) is 8.99. The van der Waals surface area contributed by atoms with Crippen LogP contribution in [0.5, 0.6) is 0 Å². The molecule has 0 heterocycles. The molecule has 2 rings (SSSR count). The minimum absolute atomic E-state index is 0.170. The van der Waals surface area contributed by atoms with Crippen LogP contribution in [0.25, 0.3) is 0 Å². The number of nitrogens with zero attached hydrogens (tertiary/aromatic N) is 2.